The number of hydrogen-bond acceptors (Lipinski definition) is 5. The topological polar surface area (TPSA) is 62.5 Å². The molecule has 0 bridgehead atoms. The Kier molecular flexibility index (Phi) is 5.39. The number of rotatable bonds is 5. The number of aryl methyl sites for hydroxylation is 3. The Balaban J connectivity index is 1.57. The third-order valence-corrected chi connectivity index (χ3v) is 6.03. The second-order valence-electron chi connectivity index (χ2n) is 7.76. The van der Waals surface area contributed by atoms with E-state index in [0.29, 0.717) is 0 Å². The molecule has 0 aliphatic rings. The van der Waals surface area contributed by atoms with Crippen LogP contribution in [0.5, 0.6) is 0 Å². The lowest BCUT2D eigenvalue weighted by atomic mass is 10.0. The molecule has 154 valence electrons. The number of hydrogen-bond donors (Lipinski definition) is 1. The Labute approximate surface area is 180 Å². The molecule has 4 aromatic rings. The number of amides is 1. The second-order valence-corrected chi connectivity index (χ2v) is 8.70. The van der Waals surface area contributed by atoms with E-state index in [4.69, 9.17) is 0 Å². The van der Waals surface area contributed by atoms with E-state index in [1.54, 1.807) is 0 Å². The van der Waals surface area contributed by atoms with Gasteiger partial charge in [0.25, 0.3) is 0 Å². The quantitative estimate of drug-likeness (QED) is 0.479. The summed E-state index contributed by atoms with van der Waals surface area (Å²) in [5, 5.41) is 13.5. The number of aromatic nitrogens is 3. The highest BCUT2D eigenvalue weighted by molar-refractivity contribution is 7.99. The maximum atomic E-state index is 12.5. The van der Waals surface area contributed by atoms with Crippen LogP contribution in [0.3, 0.4) is 0 Å². The molecule has 4 rings (SSSR count). The van der Waals surface area contributed by atoms with Crippen LogP contribution in [0.2, 0.25) is 0 Å². The van der Waals surface area contributed by atoms with Crippen LogP contribution in [-0.4, -0.2) is 40.4 Å². The van der Waals surface area contributed by atoms with Crippen LogP contribution in [0.4, 0.5) is 11.4 Å². The summed E-state index contributed by atoms with van der Waals surface area (Å²) in [6.45, 7) is 6.30. The van der Waals surface area contributed by atoms with E-state index in [1.165, 1.54) is 33.8 Å². The molecule has 0 spiro atoms. The Morgan fingerprint density at radius 2 is 1.77 bits per heavy atom. The van der Waals surface area contributed by atoms with Gasteiger partial charge in [-0.2, -0.15) is 0 Å². The summed E-state index contributed by atoms with van der Waals surface area (Å²) in [6.07, 6.45) is 0. The first-order chi connectivity index (χ1) is 14.3. The van der Waals surface area contributed by atoms with Crippen molar-refractivity contribution in [3.8, 4) is 0 Å². The van der Waals surface area contributed by atoms with Crippen molar-refractivity contribution in [1.82, 2.24) is 14.6 Å². The molecule has 1 N–H and O–H groups in total. The van der Waals surface area contributed by atoms with Gasteiger partial charge in [0.2, 0.25) is 5.91 Å². The van der Waals surface area contributed by atoms with E-state index >= 15 is 0 Å². The summed E-state index contributed by atoms with van der Waals surface area (Å²) in [4.78, 5) is 14.5. The molecule has 0 aliphatic heterocycles. The van der Waals surface area contributed by atoms with Gasteiger partial charge >= 0.3 is 0 Å². The molecule has 0 radical (unpaired) electrons. The van der Waals surface area contributed by atoms with Crippen LogP contribution in [-0.2, 0) is 4.79 Å². The van der Waals surface area contributed by atoms with Crippen molar-refractivity contribution in [2.45, 2.75) is 25.9 Å². The fourth-order valence-corrected chi connectivity index (χ4v) is 4.42. The first-order valence-electron chi connectivity index (χ1n) is 9.79. The fraction of sp³-hybridized carbons (Fsp3) is 0.261. The molecule has 0 saturated carbocycles. The maximum Gasteiger partial charge on any atom is 0.234 e. The number of fused-ring (bicyclic) bond motifs is 3. The molecule has 30 heavy (non-hydrogen) atoms. The van der Waals surface area contributed by atoms with Crippen LogP contribution in [0.25, 0.3) is 16.6 Å². The second kappa shape index (κ2) is 7.99. The zero-order chi connectivity index (χ0) is 21.4. The van der Waals surface area contributed by atoms with Crippen molar-refractivity contribution in [3.63, 3.8) is 0 Å². The van der Waals surface area contributed by atoms with Crippen molar-refractivity contribution >= 4 is 45.6 Å². The highest BCUT2D eigenvalue weighted by Gasteiger charge is 2.15. The largest absolute Gasteiger partial charge is 0.378 e. The van der Waals surface area contributed by atoms with Crippen LogP contribution in [0.1, 0.15) is 16.7 Å². The number of nitrogens with one attached hydrogen (secondary N) is 1. The summed E-state index contributed by atoms with van der Waals surface area (Å²) in [5.74, 6) is 0.189. The lowest BCUT2D eigenvalue weighted by Crippen LogP contribution is -2.14. The molecule has 2 heterocycles. The molecule has 0 aliphatic carbocycles. The van der Waals surface area contributed by atoms with Gasteiger partial charge in [0.15, 0.2) is 10.8 Å². The van der Waals surface area contributed by atoms with E-state index in [2.05, 4.69) is 52.8 Å². The standard InChI is InChI=1S/C23H25N5OS/c1-14-10-16(3)22-19(11-14)15(2)12-20-25-26-23(28(20)22)30-13-21(29)24-17-6-8-18(9-7-17)27(4)5/h6-12H,13H2,1-5H3,(H,24,29). The third-order valence-electron chi connectivity index (χ3n) is 5.10. The summed E-state index contributed by atoms with van der Waals surface area (Å²) < 4.78 is 2.06. The van der Waals surface area contributed by atoms with Gasteiger partial charge < -0.3 is 10.2 Å². The molecular formula is C23H25N5OS. The molecular weight excluding hydrogens is 394 g/mol. The first kappa shape index (κ1) is 20.2. The van der Waals surface area contributed by atoms with E-state index in [-0.39, 0.29) is 11.7 Å². The number of pyridine rings is 1. The number of nitrogens with zero attached hydrogens (tertiary/aromatic N) is 4. The smallest absolute Gasteiger partial charge is 0.234 e. The Bertz CT molecular complexity index is 1240. The Hall–Kier alpha value is -3.06. The van der Waals surface area contributed by atoms with E-state index in [9.17, 15) is 4.79 Å². The molecule has 7 heteroatoms. The normalized spacial score (nSPS) is 11.2. The summed E-state index contributed by atoms with van der Waals surface area (Å²) in [6, 6.07) is 14.2. The molecule has 0 fully saturated rings. The van der Waals surface area contributed by atoms with Crippen LogP contribution in [0, 0.1) is 20.8 Å². The van der Waals surface area contributed by atoms with Gasteiger partial charge in [-0.3, -0.25) is 9.20 Å². The number of thioether (sulfide) groups is 1. The van der Waals surface area contributed by atoms with Gasteiger partial charge in [-0.05, 0) is 68.3 Å². The number of benzene rings is 2. The molecule has 0 unspecified atom stereocenters. The van der Waals surface area contributed by atoms with Crippen molar-refractivity contribution in [3.05, 3.63) is 59.2 Å². The molecule has 2 aromatic heterocycles. The van der Waals surface area contributed by atoms with Crippen molar-refractivity contribution in [1.29, 1.82) is 0 Å². The zero-order valence-corrected chi connectivity index (χ0v) is 18.7. The Morgan fingerprint density at radius 3 is 2.47 bits per heavy atom. The summed E-state index contributed by atoms with van der Waals surface area (Å²) >= 11 is 1.39. The molecule has 1 amide bonds. The third kappa shape index (κ3) is 3.85. The number of anilines is 2. The van der Waals surface area contributed by atoms with Crippen molar-refractivity contribution in [2.24, 2.45) is 0 Å². The van der Waals surface area contributed by atoms with Crippen molar-refractivity contribution < 1.29 is 4.79 Å². The number of carbonyl (C=O) groups excluding carboxylic acids is 1. The lowest BCUT2D eigenvalue weighted by Gasteiger charge is -2.13. The van der Waals surface area contributed by atoms with Gasteiger partial charge in [0.1, 0.15) is 0 Å². The van der Waals surface area contributed by atoms with Gasteiger partial charge in [-0.15, -0.1) is 10.2 Å². The maximum absolute atomic E-state index is 12.5. The minimum absolute atomic E-state index is 0.0710. The van der Waals surface area contributed by atoms with E-state index in [1.807, 2.05) is 49.3 Å². The molecule has 0 atom stereocenters. The minimum Gasteiger partial charge on any atom is -0.378 e. The predicted molar refractivity (Wildman–Crippen MR) is 125 cm³/mol. The average molecular weight is 420 g/mol. The fourth-order valence-electron chi connectivity index (χ4n) is 3.68. The zero-order valence-electron chi connectivity index (χ0n) is 17.9. The average Bonchev–Trinajstić information content (AvgIpc) is 3.09. The van der Waals surface area contributed by atoms with Crippen molar-refractivity contribution in [2.75, 3.05) is 30.1 Å². The van der Waals surface area contributed by atoms with E-state index in [0.717, 1.165) is 27.7 Å². The van der Waals surface area contributed by atoms with Gasteiger partial charge in [0, 0.05) is 30.9 Å². The Morgan fingerprint density at radius 1 is 1.03 bits per heavy atom. The van der Waals surface area contributed by atoms with Gasteiger partial charge in [-0.25, -0.2) is 0 Å². The summed E-state index contributed by atoms with van der Waals surface area (Å²) in [7, 11) is 3.97. The highest BCUT2D eigenvalue weighted by atomic mass is 32.2. The SMILES string of the molecule is Cc1cc(C)c2c(c1)c(C)cc1nnc(SCC(=O)Nc3ccc(N(C)C)cc3)n12. The van der Waals surface area contributed by atoms with E-state index < -0.39 is 0 Å². The molecule has 0 saturated heterocycles. The first-order valence-corrected chi connectivity index (χ1v) is 10.8. The minimum atomic E-state index is -0.0710. The summed E-state index contributed by atoms with van der Waals surface area (Å²) in [5.41, 5.74) is 7.34. The molecule has 6 nitrogen and oxygen atoms in total. The molecule has 2 aromatic carbocycles. The lowest BCUT2D eigenvalue weighted by molar-refractivity contribution is -0.113. The van der Waals surface area contributed by atoms with Crippen LogP contribution in [0.15, 0.2) is 47.6 Å². The predicted octanol–water partition coefficient (Wildman–Crippen LogP) is 4.60. The van der Waals surface area contributed by atoms with Gasteiger partial charge in [-0.1, -0.05) is 23.4 Å². The van der Waals surface area contributed by atoms with Gasteiger partial charge in [0.05, 0.1) is 11.3 Å². The monoisotopic (exact) mass is 419 g/mol. The van der Waals surface area contributed by atoms with Crippen LogP contribution < -0.4 is 10.2 Å². The van der Waals surface area contributed by atoms with Crippen LogP contribution >= 0.6 is 11.8 Å². The number of carbonyl (C=O) groups is 1. The highest BCUT2D eigenvalue weighted by Crippen LogP contribution is 2.29.